The molecule has 0 saturated carbocycles. The van der Waals surface area contributed by atoms with Crippen LogP contribution in [0.4, 0.5) is 0 Å². The zero-order chi connectivity index (χ0) is 13.5. The number of aryl methyl sites for hydroxylation is 1. The molecular formula is C17H22O2. The molecule has 0 saturated heterocycles. The molecule has 2 aliphatic carbocycles. The topological polar surface area (TPSA) is 18.5 Å². The van der Waals surface area contributed by atoms with Crippen LogP contribution in [0.2, 0.25) is 0 Å². The molecule has 2 nitrogen and oxygen atoms in total. The van der Waals surface area contributed by atoms with Crippen molar-refractivity contribution in [3.63, 3.8) is 0 Å². The summed E-state index contributed by atoms with van der Waals surface area (Å²) in [5.41, 5.74) is 3.04. The van der Waals surface area contributed by atoms with Gasteiger partial charge in [-0.25, -0.2) is 0 Å². The van der Waals surface area contributed by atoms with E-state index in [2.05, 4.69) is 25.1 Å². The zero-order valence-electron chi connectivity index (χ0n) is 12.0. The van der Waals surface area contributed by atoms with Gasteiger partial charge in [-0.05, 0) is 43.2 Å². The Morgan fingerprint density at radius 2 is 2.05 bits per heavy atom. The van der Waals surface area contributed by atoms with Crippen LogP contribution in [-0.4, -0.2) is 14.2 Å². The quantitative estimate of drug-likeness (QED) is 0.750. The molecule has 2 heteroatoms. The summed E-state index contributed by atoms with van der Waals surface area (Å²) in [6.45, 7) is 2.40. The second-order valence-corrected chi connectivity index (χ2v) is 5.89. The summed E-state index contributed by atoms with van der Waals surface area (Å²) in [5, 5.41) is 0. The Morgan fingerprint density at radius 1 is 1.21 bits per heavy atom. The van der Waals surface area contributed by atoms with E-state index in [-0.39, 0.29) is 5.41 Å². The minimum atomic E-state index is 0.222. The fraction of sp³-hybridized carbons (Fsp3) is 0.529. The molecule has 0 amide bonds. The summed E-state index contributed by atoms with van der Waals surface area (Å²) >= 11 is 0. The van der Waals surface area contributed by atoms with Gasteiger partial charge in [-0.3, -0.25) is 0 Å². The molecule has 3 rings (SSSR count). The monoisotopic (exact) mass is 258 g/mol. The predicted octanol–water partition coefficient (Wildman–Crippen LogP) is 3.87. The predicted molar refractivity (Wildman–Crippen MR) is 77.1 cm³/mol. The fourth-order valence-electron chi connectivity index (χ4n) is 3.85. The number of hydrogen-bond acceptors (Lipinski definition) is 2. The first-order valence-corrected chi connectivity index (χ1v) is 7.11. The van der Waals surface area contributed by atoms with Crippen LogP contribution in [-0.2, 0) is 11.8 Å². The van der Waals surface area contributed by atoms with Crippen LogP contribution in [0.25, 0.3) is 0 Å². The van der Waals surface area contributed by atoms with Crippen molar-refractivity contribution in [1.82, 2.24) is 0 Å². The van der Waals surface area contributed by atoms with Crippen LogP contribution in [0.3, 0.4) is 0 Å². The van der Waals surface area contributed by atoms with Crippen molar-refractivity contribution in [3.05, 3.63) is 35.4 Å². The average Bonchev–Trinajstić information content (AvgIpc) is 2.45. The second-order valence-electron chi connectivity index (χ2n) is 5.89. The molecule has 0 N–H and O–H groups in total. The van der Waals surface area contributed by atoms with Gasteiger partial charge in [0.25, 0.3) is 0 Å². The number of methoxy groups -OCH3 is 2. The summed E-state index contributed by atoms with van der Waals surface area (Å²) in [7, 11) is 3.48. The Kier molecular flexibility index (Phi) is 3.04. The summed E-state index contributed by atoms with van der Waals surface area (Å²) in [4.78, 5) is 0. The minimum Gasteiger partial charge on any atom is -0.497 e. The second kappa shape index (κ2) is 4.59. The number of benzene rings is 1. The van der Waals surface area contributed by atoms with E-state index >= 15 is 0 Å². The van der Waals surface area contributed by atoms with E-state index in [0.29, 0.717) is 5.92 Å². The molecule has 0 fully saturated rings. The highest BCUT2D eigenvalue weighted by molar-refractivity contribution is 5.53. The Hall–Kier alpha value is -1.44. The Labute approximate surface area is 115 Å². The molecule has 0 heterocycles. The van der Waals surface area contributed by atoms with Crippen molar-refractivity contribution in [2.45, 2.75) is 38.0 Å². The molecule has 2 aliphatic rings. The molecular weight excluding hydrogens is 236 g/mol. The lowest BCUT2D eigenvalue weighted by molar-refractivity contribution is 0.263. The van der Waals surface area contributed by atoms with Gasteiger partial charge in [-0.15, -0.1) is 0 Å². The molecule has 0 bridgehead atoms. The third kappa shape index (κ3) is 1.85. The van der Waals surface area contributed by atoms with E-state index in [9.17, 15) is 0 Å². The van der Waals surface area contributed by atoms with Gasteiger partial charge in [0.15, 0.2) is 0 Å². The molecule has 0 aliphatic heterocycles. The molecule has 102 valence electrons. The maximum absolute atomic E-state index is 5.67. The number of rotatable bonds is 2. The van der Waals surface area contributed by atoms with Crippen molar-refractivity contribution in [3.8, 4) is 11.5 Å². The van der Waals surface area contributed by atoms with Crippen LogP contribution in [0.1, 0.15) is 37.3 Å². The maximum Gasteiger partial charge on any atom is 0.126 e. The standard InChI is InChI=1S/C17H22O2/c1-17-9-5-4-6-13(17)8-7-12-10-14(18-2)11-15(19-3)16(12)17/h4,6,10-11,13H,5,7-9H2,1-3H3/t13-,17+/m1/s1. The van der Waals surface area contributed by atoms with Gasteiger partial charge in [0.05, 0.1) is 14.2 Å². The lowest BCUT2D eigenvalue weighted by Crippen LogP contribution is -2.37. The third-order valence-corrected chi connectivity index (χ3v) is 4.93. The van der Waals surface area contributed by atoms with Gasteiger partial charge in [-0.1, -0.05) is 19.1 Å². The largest absolute Gasteiger partial charge is 0.497 e. The lowest BCUT2D eigenvalue weighted by atomic mass is 9.60. The van der Waals surface area contributed by atoms with E-state index in [0.717, 1.165) is 17.9 Å². The highest BCUT2D eigenvalue weighted by Crippen LogP contribution is 2.51. The summed E-state index contributed by atoms with van der Waals surface area (Å²) in [6, 6.07) is 4.22. The van der Waals surface area contributed by atoms with Gasteiger partial charge in [0, 0.05) is 17.0 Å². The Morgan fingerprint density at radius 3 is 2.79 bits per heavy atom. The van der Waals surface area contributed by atoms with E-state index in [1.165, 1.54) is 30.4 Å². The smallest absolute Gasteiger partial charge is 0.126 e. The first-order valence-electron chi connectivity index (χ1n) is 7.11. The van der Waals surface area contributed by atoms with E-state index in [4.69, 9.17) is 9.47 Å². The Bertz CT molecular complexity index is 501. The number of hydrogen-bond donors (Lipinski definition) is 0. The SMILES string of the molecule is COc1cc2c(c(OC)c1)[C@@]1(C)CCC=C[C@@H]1CC2. The van der Waals surface area contributed by atoms with E-state index in [1.807, 2.05) is 6.07 Å². The zero-order valence-corrected chi connectivity index (χ0v) is 12.0. The van der Waals surface area contributed by atoms with E-state index in [1.54, 1.807) is 14.2 Å². The van der Waals surface area contributed by atoms with Crippen LogP contribution >= 0.6 is 0 Å². The first-order chi connectivity index (χ1) is 9.19. The number of ether oxygens (including phenoxy) is 2. The molecule has 1 aromatic carbocycles. The Balaban J connectivity index is 2.18. The molecule has 1 aromatic rings. The molecule has 0 spiro atoms. The first kappa shape index (κ1) is 12.6. The van der Waals surface area contributed by atoms with Crippen molar-refractivity contribution < 1.29 is 9.47 Å². The van der Waals surface area contributed by atoms with Crippen LogP contribution < -0.4 is 9.47 Å². The van der Waals surface area contributed by atoms with Crippen molar-refractivity contribution in [2.75, 3.05) is 14.2 Å². The van der Waals surface area contributed by atoms with Crippen molar-refractivity contribution in [2.24, 2.45) is 5.92 Å². The van der Waals surface area contributed by atoms with E-state index < -0.39 is 0 Å². The average molecular weight is 258 g/mol. The molecule has 0 unspecified atom stereocenters. The lowest BCUT2D eigenvalue weighted by Gasteiger charge is -2.44. The van der Waals surface area contributed by atoms with Gasteiger partial charge >= 0.3 is 0 Å². The van der Waals surface area contributed by atoms with Crippen molar-refractivity contribution >= 4 is 0 Å². The minimum absolute atomic E-state index is 0.222. The molecule has 0 aromatic heterocycles. The molecule has 19 heavy (non-hydrogen) atoms. The fourth-order valence-corrected chi connectivity index (χ4v) is 3.85. The van der Waals surface area contributed by atoms with Gasteiger partial charge in [0.1, 0.15) is 11.5 Å². The van der Waals surface area contributed by atoms with Crippen LogP contribution in [0.15, 0.2) is 24.3 Å². The number of fused-ring (bicyclic) bond motifs is 3. The van der Waals surface area contributed by atoms with Crippen LogP contribution in [0, 0.1) is 5.92 Å². The van der Waals surface area contributed by atoms with Crippen molar-refractivity contribution in [1.29, 1.82) is 0 Å². The molecule has 2 atom stereocenters. The summed E-state index contributed by atoms with van der Waals surface area (Å²) in [5.74, 6) is 2.55. The van der Waals surface area contributed by atoms with Crippen LogP contribution in [0.5, 0.6) is 11.5 Å². The van der Waals surface area contributed by atoms with Gasteiger partial charge < -0.3 is 9.47 Å². The third-order valence-electron chi connectivity index (χ3n) is 4.93. The maximum atomic E-state index is 5.67. The summed E-state index contributed by atoms with van der Waals surface area (Å²) < 4.78 is 11.1. The molecule has 0 radical (unpaired) electrons. The van der Waals surface area contributed by atoms with Gasteiger partial charge in [-0.2, -0.15) is 0 Å². The normalized spacial score (nSPS) is 28.5. The van der Waals surface area contributed by atoms with Gasteiger partial charge in [0.2, 0.25) is 0 Å². The summed E-state index contributed by atoms with van der Waals surface area (Å²) in [6.07, 6.45) is 9.48. The highest BCUT2D eigenvalue weighted by atomic mass is 16.5. The number of allylic oxidation sites excluding steroid dienone is 2. The highest BCUT2D eigenvalue weighted by Gasteiger charge is 2.42.